The predicted molar refractivity (Wildman–Crippen MR) is 197 cm³/mol. The van der Waals surface area contributed by atoms with Gasteiger partial charge in [0.05, 0.1) is 17.1 Å². The SMILES string of the molecule is C=C1C2=CC3=C4N(CCC3OC2CCCc2ccccc2C1(C)CCCCCC(=O)O)c1ccc(S(=O)(=O)O)cc1C4(C)C.CCCCC. The van der Waals surface area contributed by atoms with E-state index < -0.39 is 21.5 Å². The van der Waals surface area contributed by atoms with Crippen LogP contribution in [0.3, 0.4) is 0 Å². The first-order valence-electron chi connectivity index (χ1n) is 18.2. The smallest absolute Gasteiger partial charge is 0.303 e. The summed E-state index contributed by atoms with van der Waals surface area (Å²) in [6.07, 6.45) is 13.4. The van der Waals surface area contributed by atoms with Crippen molar-refractivity contribution >= 4 is 21.8 Å². The highest BCUT2D eigenvalue weighted by atomic mass is 32.2. The van der Waals surface area contributed by atoms with Crippen LogP contribution in [0, 0.1) is 0 Å². The fraction of sp³-hybridized carbons (Fsp3) is 0.537. The van der Waals surface area contributed by atoms with Gasteiger partial charge in [0, 0.05) is 40.8 Å². The minimum atomic E-state index is -4.33. The molecule has 0 bridgehead atoms. The molecule has 0 aromatic heterocycles. The van der Waals surface area contributed by atoms with Crippen LogP contribution in [-0.4, -0.2) is 42.8 Å². The number of carboxylic acid groups (broad SMARTS) is 1. The number of nitrogens with zero attached hydrogens (tertiary/aromatic N) is 1. The normalized spacial score (nSPS) is 24.1. The van der Waals surface area contributed by atoms with Crippen LogP contribution in [0.5, 0.6) is 0 Å². The highest BCUT2D eigenvalue weighted by molar-refractivity contribution is 7.85. The van der Waals surface area contributed by atoms with Crippen molar-refractivity contribution in [2.75, 3.05) is 11.4 Å². The Morgan fingerprint density at radius 2 is 1.71 bits per heavy atom. The van der Waals surface area contributed by atoms with E-state index in [1.54, 1.807) is 6.07 Å². The summed E-state index contributed by atoms with van der Waals surface area (Å²) >= 11 is 0. The number of rotatable bonds is 9. The Morgan fingerprint density at radius 3 is 2.39 bits per heavy atom. The van der Waals surface area contributed by atoms with Crippen molar-refractivity contribution < 1.29 is 27.6 Å². The van der Waals surface area contributed by atoms with Crippen molar-refractivity contribution in [1.82, 2.24) is 0 Å². The molecular formula is C41H55NO6S. The van der Waals surface area contributed by atoms with Crippen LogP contribution >= 0.6 is 0 Å². The van der Waals surface area contributed by atoms with Crippen molar-refractivity contribution in [2.45, 2.75) is 140 Å². The van der Waals surface area contributed by atoms with Crippen molar-refractivity contribution in [3.8, 4) is 0 Å². The lowest BCUT2D eigenvalue weighted by molar-refractivity contribution is -0.137. The third kappa shape index (κ3) is 7.47. The highest BCUT2D eigenvalue weighted by Gasteiger charge is 2.48. The fourth-order valence-electron chi connectivity index (χ4n) is 8.45. The van der Waals surface area contributed by atoms with Gasteiger partial charge in [-0.15, -0.1) is 0 Å². The van der Waals surface area contributed by atoms with E-state index in [1.807, 2.05) is 6.07 Å². The third-order valence-electron chi connectivity index (χ3n) is 11.1. The molecule has 8 heteroatoms. The topological polar surface area (TPSA) is 104 Å². The zero-order valence-electron chi connectivity index (χ0n) is 30.1. The second-order valence-electron chi connectivity index (χ2n) is 14.9. The molecule has 3 atom stereocenters. The van der Waals surface area contributed by atoms with Gasteiger partial charge < -0.3 is 14.7 Å². The van der Waals surface area contributed by atoms with E-state index in [4.69, 9.17) is 16.4 Å². The summed E-state index contributed by atoms with van der Waals surface area (Å²) in [5.41, 5.74) is 8.05. The number of aryl methyl sites for hydroxylation is 1. The molecule has 2 aromatic rings. The maximum Gasteiger partial charge on any atom is 0.303 e. The van der Waals surface area contributed by atoms with Crippen LogP contribution in [0.15, 0.2) is 82.4 Å². The van der Waals surface area contributed by atoms with Gasteiger partial charge in [-0.05, 0) is 90.6 Å². The number of allylic oxidation sites excluding steroid dienone is 1. The summed E-state index contributed by atoms with van der Waals surface area (Å²) in [4.78, 5) is 13.3. The van der Waals surface area contributed by atoms with Crippen LogP contribution in [0.1, 0.15) is 122 Å². The van der Waals surface area contributed by atoms with E-state index in [1.165, 1.54) is 36.5 Å². The Labute approximate surface area is 293 Å². The van der Waals surface area contributed by atoms with Gasteiger partial charge in [0.1, 0.15) is 0 Å². The number of unbranched alkanes of at least 4 members (excludes halogenated alkanes) is 4. The number of aliphatic carboxylic acids is 1. The highest BCUT2D eigenvalue weighted by Crippen LogP contribution is 2.54. The van der Waals surface area contributed by atoms with Gasteiger partial charge in [-0.1, -0.05) is 97.6 Å². The van der Waals surface area contributed by atoms with E-state index in [0.717, 1.165) is 85.2 Å². The molecule has 3 heterocycles. The summed E-state index contributed by atoms with van der Waals surface area (Å²) in [6, 6.07) is 13.6. The van der Waals surface area contributed by atoms with Gasteiger partial charge in [-0.2, -0.15) is 8.42 Å². The Morgan fingerprint density at radius 1 is 0.980 bits per heavy atom. The van der Waals surface area contributed by atoms with Crippen LogP contribution in [0.25, 0.3) is 0 Å². The lowest BCUT2D eigenvalue weighted by atomic mass is 9.67. The number of carbonyl (C=O) groups is 1. The Balaban J connectivity index is 0.000000874. The Kier molecular flexibility index (Phi) is 11.3. The maximum atomic E-state index is 12.0. The van der Waals surface area contributed by atoms with Crippen molar-refractivity contribution in [1.29, 1.82) is 0 Å². The van der Waals surface area contributed by atoms with Gasteiger partial charge >= 0.3 is 5.97 Å². The van der Waals surface area contributed by atoms with E-state index in [0.29, 0.717) is 6.42 Å². The molecule has 2 N–H and O–H groups in total. The zero-order valence-corrected chi connectivity index (χ0v) is 30.9. The van der Waals surface area contributed by atoms with E-state index in [2.05, 4.69) is 69.9 Å². The molecule has 1 aliphatic carbocycles. The number of carboxylic acids is 1. The number of hydrogen-bond donors (Lipinski definition) is 2. The Hall–Kier alpha value is -3.20. The molecule has 3 aliphatic heterocycles. The van der Waals surface area contributed by atoms with Crippen molar-refractivity contribution in [3.05, 3.63) is 94.2 Å². The standard InChI is InChI=1S/C36H43NO6S.C5H12/c1-23-26-22-27-32(18-20-37-30-17-16-25(44(40,41)42)21-29(30)35(2,3)34(27)37)43-31(26)14-10-12-24-11-7-8-13-28(24)36(23,4)19-9-5-6-15-33(38)39;1-3-5-4-2/h7-8,11,13,16-17,21-22,31-32H,1,5-6,9-10,12,14-15,18-20H2,2-4H3,(H,38,39)(H,40,41,42);3-5H2,1-2H3. The number of anilines is 1. The summed E-state index contributed by atoms with van der Waals surface area (Å²) in [7, 11) is -4.33. The molecule has 3 unspecified atom stereocenters. The van der Waals surface area contributed by atoms with E-state index in [9.17, 15) is 17.8 Å². The summed E-state index contributed by atoms with van der Waals surface area (Å²) in [5.74, 6) is -0.752. The maximum absolute atomic E-state index is 12.0. The number of fused-ring (bicyclic) bond motifs is 6. The molecule has 49 heavy (non-hydrogen) atoms. The van der Waals surface area contributed by atoms with Crippen LogP contribution in [0.4, 0.5) is 5.69 Å². The van der Waals surface area contributed by atoms with Crippen molar-refractivity contribution in [2.24, 2.45) is 0 Å². The molecule has 266 valence electrons. The summed E-state index contributed by atoms with van der Waals surface area (Å²) < 4.78 is 40.8. The third-order valence-corrected chi connectivity index (χ3v) is 12.0. The van der Waals surface area contributed by atoms with Gasteiger partial charge in [-0.25, -0.2) is 0 Å². The van der Waals surface area contributed by atoms with Gasteiger partial charge in [0.25, 0.3) is 10.1 Å². The Bertz CT molecular complexity index is 1740. The summed E-state index contributed by atoms with van der Waals surface area (Å²) in [6.45, 7) is 16.5. The monoisotopic (exact) mass is 689 g/mol. The molecule has 0 saturated heterocycles. The average Bonchev–Trinajstić information content (AvgIpc) is 3.31. The molecule has 0 fully saturated rings. The van der Waals surface area contributed by atoms with E-state index >= 15 is 0 Å². The number of hydrogen-bond acceptors (Lipinski definition) is 5. The zero-order chi connectivity index (χ0) is 35.6. The average molecular weight is 690 g/mol. The minimum Gasteiger partial charge on any atom is -0.481 e. The molecule has 0 spiro atoms. The van der Waals surface area contributed by atoms with Gasteiger partial charge in [0.15, 0.2) is 0 Å². The van der Waals surface area contributed by atoms with Crippen molar-refractivity contribution in [3.63, 3.8) is 0 Å². The second kappa shape index (κ2) is 15.0. The number of benzene rings is 2. The second-order valence-corrected chi connectivity index (χ2v) is 16.3. The molecular weight excluding hydrogens is 635 g/mol. The van der Waals surface area contributed by atoms with Crippen LogP contribution in [0.2, 0.25) is 0 Å². The van der Waals surface area contributed by atoms with Gasteiger partial charge in [0.2, 0.25) is 0 Å². The minimum absolute atomic E-state index is 0.0668. The van der Waals surface area contributed by atoms with E-state index in [-0.39, 0.29) is 28.9 Å². The van der Waals surface area contributed by atoms with Crippen LogP contribution < -0.4 is 4.90 Å². The lowest BCUT2D eigenvalue weighted by Gasteiger charge is -2.44. The first kappa shape index (κ1) is 37.1. The first-order chi connectivity index (χ1) is 23.2. The molecule has 0 saturated carbocycles. The molecule has 0 amide bonds. The fourth-order valence-corrected chi connectivity index (χ4v) is 8.95. The van der Waals surface area contributed by atoms with Crippen LogP contribution in [-0.2, 0) is 36.9 Å². The quantitative estimate of drug-likeness (QED) is 0.200. The number of ether oxygens (including phenoxy) is 1. The molecule has 6 rings (SSSR count). The predicted octanol–water partition coefficient (Wildman–Crippen LogP) is 9.46. The lowest BCUT2D eigenvalue weighted by Crippen LogP contribution is -2.43. The summed E-state index contributed by atoms with van der Waals surface area (Å²) in [5, 5.41) is 9.14. The molecule has 0 radical (unpaired) electrons. The first-order valence-corrected chi connectivity index (χ1v) is 19.7. The van der Waals surface area contributed by atoms with Gasteiger partial charge in [-0.3, -0.25) is 9.35 Å². The molecule has 2 aromatic carbocycles. The largest absolute Gasteiger partial charge is 0.481 e. The molecule has 4 aliphatic rings. The molecule has 7 nitrogen and oxygen atoms in total.